The number of ether oxygens (including phenoxy) is 1. The molecule has 2 atom stereocenters. The van der Waals surface area contributed by atoms with Crippen molar-refractivity contribution in [3.63, 3.8) is 0 Å². The molecule has 11 heteroatoms. The van der Waals surface area contributed by atoms with Crippen LogP contribution in [0.5, 0.6) is 5.75 Å². The van der Waals surface area contributed by atoms with Crippen LogP contribution in [-0.4, -0.2) is 92.5 Å². The molecule has 1 saturated heterocycles. The molecular formula is C25H28B4N4O3. The molecule has 2 aromatic heterocycles. The lowest BCUT2D eigenvalue weighted by Gasteiger charge is -2.39. The van der Waals surface area contributed by atoms with Crippen LogP contribution < -0.4 is 15.8 Å². The standard InChI is InChI=1S/C25H28B4N4O3/c1-25(35,14-34)18-4-3-7-33(13-18)12-16-6-5-15(9-22(16)36-24(28)29)20-10-21(32(2)31-20)17-8-19(26)23(27)30-11-17/h5-6,8-11,18,24,34-35H,3-4,7,12-14H2,1-2H3/t18?,25-/m1/s1. The van der Waals surface area contributed by atoms with Crippen molar-refractivity contribution in [2.24, 2.45) is 13.0 Å². The smallest absolute Gasteiger partial charge is 0.140 e. The summed E-state index contributed by atoms with van der Waals surface area (Å²) < 4.78 is 7.54. The SMILES string of the molecule is [B]c1cc(-c2cc(-c3ccc(CN4CCCC([C@](C)(O)CO)C4)c(OC([B])[B])c3)nn2C)cnc1[B]. The van der Waals surface area contributed by atoms with Gasteiger partial charge in [-0.1, -0.05) is 23.7 Å². The van der Waals surface area contributed by atoms with Gasteiger partial charge in [-0.15, -0.1) is 0 Å². The number of piperidine rings is 1. The van der Waals surface area contributed by atoms with E-state index >= 15 is 0 Å². The van der Waals surface area contributed by atoms with Crippen LogP contribution >= 0.6 is 0 Å². The summed E-state index contributed by atoms with van der Waals surface area (Å²) in [5.74, 6) is -0.420. The van der Waals surface area contributed by atoms with E-state index in [-0.39, 0.29) is 18.1 Å². The van der Waals surface area contributed by atoms with Gasteiger partial charge in [-0.3, -0.25) is 14.6 Å². The predicted molar refractivity (Wildman–Crippen MR) is 144 cm³/mol. The maximum Gasteiger partial charge on any atom is 0.140 e. The van der Waals surface area contributed by atoms with Crippen LogP contribution in [0, 0.1) is 5.92 Å². The first-order chi connectivity index (χ1) is 17.1. The number of aliphatic hydroxyl groups is 2. The van der Waals surface area contributed by atoms with Gasteiger partial charge in [0, 0.05) is 54.8 Å². The van der Waals surface area contributed by atoms with Gasteiger partial charge in [-0.05, 0) is 44.0 Å². The van der Waals surface area contributed by atoms with Crippen molar-refractivity contribution in [2.75, 3.05) is 19.7 Å². The van der Waals surface area contributed by atoms with Crippen molar-refractivity contribution in [1.29, 1.82) is 0 Å². The van der Waals surface area contributed by atoms with Crippen molar-refractivity contribution in [2.45, 2.75) is 37.8 Å². The number of likely N-dealkylation sites (tertiary alicyclic amines) is 1. The molecule has 0 amide bonds. The first-order valence-corrected chi connectivity index (χ1v) is 12.0. The molecule has 3 heterocycles. The van der Waals surface area contributed by atoms with Crippen LogP contribution in [0.2, 0.25) is 0 Å². The van der Waals surface area contributed by atoms with E-state index in [1.54, 1.807) is 23.9 Å². The monoisotopic (exact) mass is 476 g/mol. The minimum absolute atomic E-state index is 0.0135. The lowest BCUT2D eigenvalue weighted by atomic mass is 9.82. The molecule has 8 radical (unpaired) electrons. The molecule has 1 aliphatic rings. The van der Waals surface area contributed by atoms with Gasteiger partial charge in [0.2, 0.25) is 0 Å². The Morgan fingerprint density at radius 3 is 2.67 bits per heavy atom. The fourth-order valence-electron chi connectivity index (χ4n) is 4.69. The van der Waals surface area contributed by atoms with E-state index in [4.69, 9.17) is 36.1 Å². The van der Waals surface area contributed by atoms with Gasteiger partial charge < -0.3 is 14.9 Å². The Morgan fingerprint density at radius 2 is 1.97 bits per heavy atom. The van der Waals surface area contributed by atoms with Gasteiger partial charge in [0.25, 0.3) is 0 Å². The largest absolute Gasteiger partial charge is 0.510 e. The van der Waals surface area contributed by atoms with Crippen molar-refractivity contribution in [3.8, 4) is 28.3 Å². The Balaban J connectivity index is 1.60. The average Bonchev–Trinajstić information content (AvgIpc) is 3.23. The molecule has 0 spiro atoms. The number of aryl methyl sites for hydroxylation is 1. The molecule has 1 aliphatic heterocycles. The number of rotatable bonds is 8. The minimum atomic E-state index is -1.11. The van der Waals surface area contributed by atoms with E-state index in [9.17, 15) is 10.2 Å². The number of pyridine rings is 1. The van der Waals surface area contributed by atoms with Gasteiger partial charge in [-0.25, -0.2) is 0 Å². The number of hydrogen-bond donors (Lipinski definition) is 2. The summed E-state index contributed by atoms with van der Waals surface area (Å²) in [7, 11) is 25.1. The molecule has 0 aliphatic carbocycles. The lowest BCUT2D eigenvalue weighted by Crippen LogP contribution is -2.47. The molecule has 1 unspecified atom stereocenters. The Kier molecular flexibility index (Phi) is 8.02. The normalized spacial score (nSPS) is 18.3. The van der Waals surface area contributed by atoms with E-state index in [2.05, 4.69) is 15.0 Å². The van der Waals surface area contributed by atoms with Crippen molar-refractivity contribution >= 4 is 42.4 Å². The molecule has 0 bridgehead atoms. The van der Waals surface area contributed by atoms with E-state index in [1.165, 1.54) is 0 Å². The van der Waals surface area contributed by atoms with Crippen LogP contribution in [-0.2, 0) is 13.6 Å². The molecule has 0 saturated carbocycles. The van der Waals surface area contributed by atoms with Crippen LogP contribution in [0.4, 0.5) is 0 Å². The van der Waals surface area contributed by atoms with Gasteiger partial charge in [0.1, 0.15) is 37.1 Å². The Bertz CT molecular complexity index is 1220. The highest BCUT2D eigenvalue weighted by atomic mass is 16.5. The minimum Gasteiger partial charge on any atom is -0.510 e. The third kappa shape index (κ3) is 5.90. The number of nitrogens with zero attached hydrogens (tertiary/aromatic N) is 4. The topological polar surface area (TPSA) is 83.6 Å². The maximum absolute atomic E-state index is 10.5. The molecule has 36 heavy (non-hydrogen) atoms. The molecule has 7 nitrogen and oxygen atoms in total. The van der Waals surface area contributed by atoms with Crippen molar-refractivity contribution in [3.05, 3.63) is 42.1 Å². The second kappa shape index (κ2) is 10.9. The van der Waals surface area contributed by atoms with Crippen molar-refractivity contribution < 1.29 is 14.9 Å². The molecule has 4 rings (SSSR count). The number of hydrogen-bond acceptors (Lipinski definition) is 6. The van der Waals surface area contributed by atoms with Gasteiger partial charge >= 0.3 is 0 Å². The van der Waals surface area contributed by atoms with Gasteiger partial charge in [-0.2, -0.15) is 5.10 Å². The van der Waals surface area contributed by atoms with E-state index in [0.29, 0.717) is 24.3 Å². The zero-order valence-electron chi connectivity index (χ0n) is 20.8. The maximum atomic E-state index is 10.5. The molecule has 3 aromatic rings. The van der Waals surface area contributed by atoms with Crippen LogP contribution in [0.25, 0.3) is 22.5 Å². The van der Waals surface area contributed by atoms with Crippen LogP contribution in [0.1, 0.15) is 25.3 Å². The fourth-order valence-corrected chi connectivity index (χ4v) is 4.69. The first-order valence-electron chi connectivity index (χ1n) is 12.0. The lowest BCUT2D eigenvalue weighted by molar-refractivity contribution is -0.0697. The van der Waals surface area contributed by atoms with E-state index in [1.807, 2.05) is 31.3 Å². The highest BCUT2D eigenvalue weighted by Gasteiger charge is 2.34. The average molecular weight is 476 g/mol. The van der Waals surface area contributed by atoms with Gasteiger partial charge in [0.15, 0.2) is 0 Å². The predicted octanol–water partition coefficient (Wildman–Crippen LogP) is -0.309. The third-order valence-electron chi connectivity index (χ3n) is 6.85. The van der Waals surface area contributed by atoms with Crippen molar-refractivity contribution in [1.82, 2.24) is 19.7 Å². The zero-order valence-corrected chi connectivity index (χ0v) is 20.8. The fraction of sp³-hybridized carbons (Fsp3) is 0.440. The second-order valence-electron chi connectivity index (χ2n) is 9.73. The van der Waals surface area contributed by atoms with Crippen LogP contribution in [0.3, 0.4) is 0 Å². The summed E-state index contributed by atoms with van der Waals surface area (Å²) in [6.07, 6.45) is 3.47. The highest BCUT2D eigenvalue weighted by Crippen LogP contribution is 2.33. The second-order valence-corrected chi connectivity index (χ2v) is 9.73. The molecule has 1 fully saturated rings. The van der Waals surface area contributed by atoms with Crippen LogP contribution in [0.15, 0.2) is 36.5 Å². The number of aliphatic hydroxyl groups excluding tert-OH is 1. The molecule has 2 N–H and O–H groups in total. The quantitative estimate of drug-likeness (QED) is 0.435. The Morgan fingerprint density at radius 1 is 1.19 bits per heavy atom. The zero-order chi connectivity index (χ0) is 26.0. The summed E-state index contributed by atoms with van der Waals surface area (Å²) in [6, 6.07) is 9.57. The summed E-state index contributed by atoms with van der Waals surface area (Å²) in [5.41, 5.74) is 3.73. The number of benzene rings is 1. The summed E-state index contributed by atoms with van der Waals surface area (Å²) in [6.45, 7) is 3.59. The summed E-state index contributed by atoms with van der Waals surface area (Å²) >= 11 is 0. The summed E-state index contributed by atoms with van der Waals surface area (Å²) in [4.78, 5) is 6.40. The van der Waals surface area contributed by atoms with Gasteiger partial charge in [0.05, 0.1) is 23.6 Å². The first kappa shape index (κ1) is 26.6. The Hall–Kier alpha value is -2.48. The van der Waals surface area contributed by atoms with E-state index in [0.717, 1.165) is 47.5 Å². The summed E-state index contributed by atoms with van der Waals surface area (Å²) in [5, 5.41) is 24.8. The highest BCUT2D eigenvalue weighted by molar-refractivity contribution is 6.47. The van der Waals surface area contributed by atoms with E-state index < -0.39 is 11.5 Å². The molecule has 178 valence electrons. The third-order valence-corrected chi connectivity index (χ3v) is 6.85. The Labute approximate surface area is 217 Å². The number of aromatic nitrogens is 3. The molecule has 1 aromatic carbocycles. The molecular weight excluding hydrogens is 448 g/mol.